The Labute approximate surface area is 117 Å². The van der Waals surface area contributed by atoms with Crippen molar-refractivity contribution in [3.05, 3.63) is 53.5 Å². The molecule has 2 aromatic rings. The highest BCUT2D eigenvalue weighted by Crippen LogP contribution is 2.43. The monoisotopic (exact) mass is 272 g/mol. The van der Waals surface area contributed by atoms with Gasteiger partial charge in [-0.1, -0.05) is 18.2 Å². The summed E-state index contributed by atoms with van der Waals surface area (Å²) in [6.07, 6.45) is 2.47. The molecule has 1 aromatic carbocycles. The highest BCUT2D eigenvalue weighted by Gasteiger charge is 2.27. The average Bonchev–Trinajstić information content (AvgIpc) is 3.29. The van der Waals surface area contributed by atoms with Gasteiger partial charge in [-0.25, -0.2) is 0 Å². The van der Waals surface area contributed by atoms with Gasteiger partial charge >= 0.3 is 0 Å². The first-order valence-electron chi connectivity index (χ1n) is 6.83. The van der Waals surface area contributed by atoms with Crippen LogP contribution in [0.2, 0.25) is 0 Å². The van der Waals surface area contributed by atoms with E-state index >= 15 is 0 Å². The number of hydrogen-bond acceptors (Lipinski definition) is 3. The molecule has 3 nitrogen and oxygen atoms in total. The molecule has 4 heteroatoms. The lowest BCUT2D eigenvalue weighted by Gasteiger charge is -2.15. The molecule has 0 spiro atoms. The van der Waals surface area contributed by atoms with Crippen molar-refractivity contribution in [3.8, 4) is 5.88 Å². The number of pyridine rings is 1. The first-order chi connectivity index (χ1) is 9.78. The number of ether oxygens (including phenoxy) is 1. The number of nitrogens with zero attached hydrogens (tertiary/aromatic N) is 1. The second kappa shape index (κ2) is 5.49. The van der Waals surface area contributed by atoms with Crippen LogP contribution in [0.1, 0.15) is 29.9 Å². The minimum atomic E-state index is -0.521. The summed E-state index contributed by atoms with van der Waals surface area (Å²) in [5, 5.41) is 3.19. The predicted octanol–water partition coefficient (Wildman–Crippen LogP) is 3.72. The predicted molar refractivity (Wildman–Crippen MR) is 76.5 cm³/mol. The van der Waals surface area contributed by atoms with Crippen LogP contribution in [-0.4, -0.2) is 12.0 Å². The van der Waals surface area contributed by atoms with Crippen molar-refractivity contribution in [3.63, 3.8) is 0 Å². The van der Waals surface area contributed by atoms with E-state index in [1.54, 1.807) is 12.1 Å². The number of benzene rings is 1. The molecule has 20 heavy (non-hydrogen) atoms. The number of anilines is 1. The molecule has 1 aliphatic rings. The number of nitrogens with one attached hydrogen (secondary N) is 1. The smallest absolute Gasteiger partial charge is 0.216 e. The molecular weight excluding hydrogens is 255 g/mol. The van der Waals surface area contributed by atoms with Crippen LogP contribution in [0.3, 0.4) is 0 Å². The fourth-order valence-corrected chi connectivity index (χ4v) is 2.39. The Morgan fingerprint density at radius 3 is 2.75 bits per heavy atom. The Morgan fingerprint density at radius 2 is 2.05 bits per heavy atom. The zero-order chi connectivity index (χ0) is 13.9. The van der Waals surface area contributed by atoms with Crippen LogP contribution in [0, 0.1) is 5.95 Å². The molecule has 1 heterocycles. The molecule has 0 radical (unpaired) electrons. The normalized spacial score (nSPS) is 14.1. The van der Waals surface area contributed by atoms with Crippen LogP contribution in [0.15, 0.2) is 36.4 Å². The van der Waals surface area contributed by atoms with E-state index in [1.807, 2.05) is 13.1 Å². The van der Waals surface area contributed by atoms with Gasteiger partial charge in [-0.15, -0.1) is 0 Å². The average molecular weight is 272 g/mol. The Bertz CT molecular complexity index is 611. The minimum Gasteiger partial charge on any atom is -0.473 e. The van der Waals surface area contributed by atoms with Crippen LogP contribution < -0.4 is 10.1 Å². The highest BCUT2D eigenvalue weighted by atomic mass is 19.1. The lowest BCUT2D eigenvalue weighted by Crippen LogP contribution is -2.05. The van der Waals surface area contributed by atoms with Crippen LogP contribution in [0.5, 0.6) is 5.88 Å². The van der Waals surface area contributed by atoms with Gasteiger partial charge in [0.1, 0.15) is 6.61 Å². The van der Waals surface area contributed by atoms with Crippen LogP contribution in [0.25, 0.3) is 0 Å². The second-order valence-electron chi connectivity index (χ2n) is 4.98. The van der Waals surface area contributed by atoms with E-state index in [2.05, 4.69) is 22.4 Å². The number of halogens is 1. The molecule has 0 unspecified atom stereocenters. The topological polar surface area (TPSA) is 34.1 Å². The van der Waals surface area contributed by atoms with Gasteiger partial charge in [0.25, 0.3) is 0 Å². The molecule has 3 rings (SSSR count). The summed E-state index contributed by atoms with van der Waals surface area (Å²) in [5.74, 6) is 0.437. The van der Waals surface area contributed by atoms with Crippen molar-refractivity contribution in [1.29, 1.82) is 0 Å². The molecule has 1 aliphatic carbocycles. The molecule has 0 saturated heterocycles. The number of hydrogen-bond donors (Lipinski definition) is 1. The Balaban J connectivity index is 1.82. The van der Waals surface area contributed by atoms with Gasteiger partial charge < -0.3 is 10.1 Å². The molecule has 0 aliphatic heterocycles. The van der Waals surface area contributed by atoms with Crippen LogP contribution in [-0.2, 0) is 6.61 Å². The molecule has 1 aromatic heterocycles. The Kier molecular flexibility index (Phi) is 3.54. The summed E-state index contributed by atoms with van der Waals surface area (Å²) in [6.45, 7) is 0.402. The summed E-state index contributed by atoms with van der Waals surface area (Å²) in [4.78, 5) is 3.72. The van der Waals surface area contributed by atoms with Crippen LogP contribution in [0.4, 0.5) is 10.1 Å². The summed E-state index contributed by atoms with van der Waals surface area (Å²) < 4.78 is 18.7. The third-order valence-corrected chi connectivity index (χ3v) is 3.55. The lowest BCUT2D eigenvalue weighted by atomic mass is 10.0. The van der Waals surface area contributed by atoms with Crippen LogP contribution >= 0.6 is 0 Å². The van der Waals surface area contributed by atoms with E-state index in [-0.39, 0.29) is 0 Å². The van der Waals surface area contributed by atoms with Gasteiger partial charge in [-0.05, 0) is 36.5 Å². The van der Waals surface area contributed by atoms with Crippen molar-refractivity contribution in [2.75, 3.05) is 12.4 Å². The summed E-state index contributed by atoms with van der Waals surface area (Å²) in [6, 6.07) is 10.8. The third-order valence-electron chi connectivity index (χ3n) is 3.55. The van der Waals surface area contributed by atoms with Gasteiger partial charge in [0.05, 0.1) is 0 Å². The molecule has 0 bridgehead atoms. The van der Waals surface area contributed by atoms with Crippen molar-refractivity contribution in [2.24, 2.45) is 0 Å². The van der Waals surface area contributed by atoms with Gasteiger partial charge in [0.15, 0.2) is 0 Å². The molecular formula is C16H17FN2O. The number of rotatable bonds is 5. The van der Waals surface area contributed by atoms with Gasteiger partial charge in [-0.2, -0.15) is 9.37 Å². The van der Waals surface area contributed by atoms with Crippen molar-refractivity contribution in [1.82, 2.24) is 4.98 Å². The fraction of sp³-hybridized carbons (Fsp3) is 0.312. The second-order valence-corrected chi connectivity index (χ2v) is 4.98. The van der Waals surface area contributed by atoms with Gasteiger partial charge in [-0.3, -0.25) is 0 Å². The lowest BCUT2D eigenvalue weighted by molar-refractivity contribution is 0.288. The van der Waals surface area contributed by atoms with E-state index < -0.39 is 5.95 Å². The zero-order valence-electron chi connectivity index (χ0n) is 11.4. The Morgan fingerprint density at radius 1 is 1.25 bits per heavy atom. The molecule has 104 valence electrons. The van der Waals surface area contributed by atoms with E-state index in [0.29, 0.717) is 18.4 Å². The molecule has 0 amide bonds. The fourth-order valence-electron chi connectivity index (χ4n) is 2.39. The maximum absolute atomic E-state index is 13.1. The quantitative estimate of drug-likeness (QED) is 0.842. The first-order valence-corrected chi connectivity index (χ1v) is 6.83. The van der Waals surface area contributed by atoms with Crippen molar-refractivity contribution >= 4 is 5.69 Å². The summed E-state index contributed by atoms with van der Waals surface area (Å²) in [5.41, 5.74) is 3.53. The van der Waals surface area contributed by atoms with E-state index in [1.165, 1.54) is 24.5 Å². The standard InChI is InChI=1S/C16H17FN2O/c1-18-14-5-2-4-12(11-8-9-11)13(14)10-20-16-7-3-6-15(17)19-16/h2-7,11,18H,8-10H2,1H3. The maximum atomic E-state index is 13.1. The van der Waals surface area contributed by atoms with E-state index in [4.69, 9.17) is 4.74 Å². The summed E-state index contributed by atoms with van der Waals surface area (Å²) >= 11 is 0. The summed E-state index contributed by atoms with van der Waals surface area (Å²) in [7, 11) is 1.90. The maximum Gasteiger partial charge on any atom is 0.216 e. The van der Waals surface area contributed by atoms with E-state index in [9.17, 15) is 4.39 Å². The van der Waals surface area contributed by atoms with E-state index in [0.717, 1.165) is 11.3 Å². The first kappa shape index (κ1) is 12.9. The molecule has 1 saturated carbocycles. The highest BCUT2D eigenvalue weighted by molar-refractivity contribution is 5.55. The largest absolute Gasteiger partial charge is 0.473 e. The van der Waals surface area contributed by atoms with Crippen molar-refractivity contribution in [2.45, 2.75) is 25.4 Å². The third kappa shape index (κ3) is 2.74. The van der Waals surface area contributed by atoms with Crippen molar-refractivity contribution < 1.29 is 9.13 Å². The SMILES string of the molecule is CNc1cccc(C2CC2)c1COc1cccc(F)n1. The molecule has 0 atom stereocenters. The zero-order valence-corrected chi connectivity index (χ0v) is 11.4. The Hall–Kier alpha value is -2.10. The number of aromatic nitrogens is 1. The van der Waals surface area contributed by atoms with Gasteiger partial charge in [0, 0.05) is 24.4 Å². The van der Waals surface area contributed by atoms with Gasteiger partial charge in [0.2, 0.25) is 11.8 Å². The molecule has 1 N–H and O–H groups in total. The molecule has 1 fully saturated rings. The minimum absolute atomic E-state index is 0.317.